The lowest BCUT2D eigenvalue weighted by molar-refractivity contribution is 0.470. The first-order valence-corrected chi connectivity index (χ1v) is 2.71. The van der Waals surface area contributed by atoms with Gasteiger partial charge in [0.15, 0.2) is 0 Å². The zero-order chi connectivity index (χ0) is 5.54. The standard InChI is InChI=1S/C6H12O.CH4/c1-2-3-4-5-6-7;/h5-7H,2-4H2,1H3;1H4. The minimum Gasteiger partial charge on any atom is -0.516 e. The van der Waals surface area contributed by atoms with Crippen LogP contribution in [0.1, 0.15) is 33.6 Å². The number of allylic oxidation sites excluding steroid dienone is 1. The quantitative estimate of drug-likeness (QED) is 0.444. The van der Waals surface area contributed by atoms with Crippen LogP contribution in [0.2, 0.25) is 0 Å². The molecule has 0 saturated carbocycles. The smallest absolute Gasteiger partial charge is 0.0751 e. The van der Waals surface area contributed by atoms with E-state index in [1.54, 1.807) is 6.08 Å². The van der Waals surface area contributed by atoms with Gasteiger partial charge < -0.3 is 5.11 Å². The lowest BCUT2D eigenvalue weighted by Gasteiger charge is -1.83. The average molecular weight is 116 g/mol. The molecule has 0 aromatic rings. The maximum absolute atomic E-state index is 8.11. The zero-order valence-electron chi connectivity index (χ0n) is 4.72. The summed E-state index contributed by atoms with van der Waals surface area (Å²) in [5, 5.41) is 8.11. The van der Waals surface area contributed by atoms with Gasteiger partial charge >= 0.3 is 0 Å². The van der Waals surface area contributed by atoms with E-state index < -0.39 is 0 Å². The molecular weight excluding hydrogens is 100 g/mol. The molecule has 0 fully saturated rings. The van der Waals surface area contributed by atoms with Gasteiger partial charge in [-0.25, -0.2) is 0 Å². The summed E-state index contributed by atoms with van der Waals surface area (Å²) in [6.07, 6.45) is 6.26. The first-order valence-electron chi connectivity index (χ1n) is 2.71. The SMILES string of the molecule is C.CCCCC=CO. The van der Waals surface area contributed by atoms with Crippen molar-refractivity contribution >= 4 is 0 Å². The van der Waals surface area contributed by atoms with Gasteiger partial charge in [-0.1, -0.05) is 26.8 Å². The van der Waals surface area contributed by atoms with E-state index in [1.165, 1.54) is 12.8 Å². The molecule has 1 N–H and O–H groups in total. The minimum atomic E-state index is 0. The molecule has 50 valence electrons. The molecule has 0 amide bonds. The van der Waals surface area contributed by atoms with Gasteiger partial charge in [-0.05, 0) is 12.8 Å². The van der Waals surface area contributed by atoms with Crippen LogP contribution >= 0.6 is 0 Å². The van der Waals surface area contributed by atoms with Crippen LogP contribution in [-0.2, 0) is 0 Å². The van der Waals surface area contributed by atoms with Gasteiger partial charge in [0.1, 0.15) is 0 Å². The van der Waals surface area contributed by atoms with Crippen molar-refractivity contribution in [3.63, 3.8) is 0 Å². The highest BCUT2D eigenvalue weighted by Gasteiger charge is 1.73. The summed E-state index contributed by atoms with van der Waals surface area (Å²) in [4.78, 5) is 0. The van der Waals surface area contributed by atoms with Crippen LogP contribution in [0.5, 0.6) is 0 Å². The molecule has 0 rings (SSSR count). The van der Waals surface area contributed by atoms with Gasteiger partial charge in [-0.3, -0.25) is 0 Å². The maximum Gasteiger partial charge on any atom is 0.0751 e. The number of hydrogen-bond acceptors (Lipinski definition) is 1. The highest BCUT2D eigenvalue weighted by molar-refractivity contribution is 4.69. The van der Waals surface area contributed by atoms with Crippen LogP contribution in [0.4, 0.5) is 0 Å². The molecule has 0 atom stereocenters. The third-order valence-electron chi connectivity index (χ3n) is 0.830. The number of unbranched alkanes of at least 4 members (excludes halogenated alkanes) is 2. The van der Waals surface area contributed by atoms with E-state index in [-0.39, 0.29) is 7.43 Å². The summed E-state index contributed by atoms with van der Waals surface area (Å²) in [5.41, 5.74) is 0. The van der Waals surface area contributed by atoms with Gasteiger partial charge in [0, 0.05) is 0 Å². The molecular formula is C7H16O. The Bertz CT molecular complexity index is 48.3. The maximum atomic E-state index is 8.11. The number of rotatable bonds is 3. The van der Waals surface area contributed by atoms with Crippen molar-refractivity contribution in [1.29, 1.82) is 0 Å². The second-order valence-electron chi connectivity index (χ2n) is 1.53. The van der Waals surface area contributed by atoms with Crippen LogP contribution in [-0.4, -0.2) is 5.11 Å². The molecule has 0 saturated heterocycles. The summed E-state index contributed by atoms with van der Waals surface area (Å²) >= 11 is 0. The van der Waals surface area contributed by atoms with E-state index in [1.807, 2.05) is 0 Å². The monoisotopic (exact) mass is 116 g/mol. The van der Waals surface area contributed by atoms with Crippen LogP contribution < -0.4 is 0 Å². The third kappa shape index (κ3) is 9.11. The van der Waals surface area contributed by atoms with E-state index in [0.29, 0.717) is 0 Å². The van der Waals surface area contributed by atoms with Gasteiger partial charge in [0.05, 0.1) is 6.26 Å². The van der Waals surface area contributed by atoms with Crippen molar-refractivity contribution < 1.29 is 5.11 Å². The lowest BCUT2D eigenvalue weighted by Crippen LogP contribution is -1.64. The Hall–Kier alpha value is -0.460. The Balaban J connectivity index is 0. The largest absolute Gasteiger partial charge is 0.516 e. The number of aliphatic hydroxyl groups is 1. The predicted molar refractivity (Wildman–Crippen MR) is 38.0 cm³/mol. The molecule has 0 spiro atoms. The number of hydrogen-bond donors (Lipinski definition) is 1. The zero-order valence-corrected chi connectivity index (χ0v) is 4.72. The van der Waals surface area contributed by atoms with Gasteiger partial charge in [0.2, 0.25) is 0 Å². The fourth-order valence-electron chi connectivity index (χ4n) is 0.397. The molecule has 0 radical (unpaired) electrons. The van der Waals surface area contributed by atoms with E-state index in [4.69, 9.17) is 5.11 Å². The summed E-state index contributed by atoms with van der Waals surface area (Å²) in [7, 11) is 0. The molecule has 0 aliphatic heterocycles. The molecule has 0 aliphatic carbocycles. The first kappa shape index (κ1) is 10.5. The topological polar surface area (TPSA) is 20.2 Å². The van der Waals surface area contributed by atoms with Gasteiger partial charge in [0.25, 0.3) is 0 Å². The van der Waals surface area contributed by atoms with Crippen LogP contribution in [0.25, 0.3) is 0 Å². The van der Waals surface area contributed by atoms with Gasteiger partial charge in [-0.15, -0.1) is 0 Å². The highest BCUT2D eigenvalue weighted by Crippen LogP contribution is 1.92. The molecule has 8 heavy (non-hydrogen) atoms. The molecule has 1 nitrogen and oxygen atoms in total. The number of aliphatic hydroxyl groups excluding tert-OH is 1. The molecule has 0 heterocycles. The van der Waals surface area contributed by atoms with Crippen molar-refractivity contribution in [2.24, 2.45) is 0 Å². The van der Waals surface area contributed by atoms with Crippen molar-refractivity contribution in [2.75, 3.05) is 0 Å². The highest BCUT2D eigenvalue weighted by atomic mass is 16.2. The van der Waals surface area contributed by atoms with Crippen molar-refractivity contribution in [1.82, 2.24) is 0 Å². The normalized spacial score (nSPS) is 9.12. The minimum absolute atomic E-state index is 0. The molecule has 0 aromatic heterocycles. The predicted octanol–water partition coefficient (Wildman–Crippen LogP) is 2.88. The average Bonchev–Trinajstić information content (AvgIpc) is 1.69. The Morgan fingerprint density at radius 1 is 1.50 bits per heavy atom. The lowest BCUT2D eigenvalue weighted by atomic mass is 10.2. The van der Waals surface area contributed by atoms with E-state index in [0.717, 1.165) is 12.7 Å². The fourth-order valence-corrected chi connectivity index (χ4v) is 0.397. The van der Waals surface area contributed by atoms with Crippen LogP contribution in [0.3, 0.4) is 0 Å². The summed E-state index contributed by atoms with van der Waals surface area (Å²) in [5.74, 6) is 0. The second kappa shape index (κ2) is 9.74. The summed E-state index contributed by atoms with van der Waals surface area (Å²) < 4.78 is 0. The third-order valence-corrected chi connectivity index (χ3v) is 0.830. The Kier molecular flexibility index (Phi) is 12.8. The van der Waals surface area contributed by atoms with E-state index in [2.05, 4.69) is 6.92 Å². The molecule has 0 aliphatic rings. The van der Waals surface area contributed by atoms with Crippen molar-refractivity contribution in [3.05, 3.63) is 12.3 Å². The Morgan fingerprint density at radius 3 is 2.50 bits per heavy atom. The molecule has 0 aromatic carbocycles. The molecule has 1 heteroatoms. The molecule has 0 unspecified atom stereocenters. The summed E-state index contributed by atoms with van der Waals surface area (Å²) in [6.45, 7) is 2.13. The van der Waals surface area contributed by atoms with Crippen molar-refractivity contribution in [3.8, 4) is 0 Å². The Labute approximate surface area is 52.0 Å². The van der Waals surface area contributed by atoms with E-state index in [9.17, 15) is 0 Å². The second-order valence-corrected chi connectivity index (χ2v) is 1.53. The van der Waals surface area contributed by atoms with Crippen LogP contribution in [0.15, 0.2) is 12.3 Å². The first-order chi connectivity index (χ1) is 3.41. The Morgan fingerprint density at radius 2 is 2.12 bits per heavy atom. The molecule has 0 bridgehead atoms. The summed E-state index contributed by atoms with van der Waals surface area (Å²) in [6, 6.07) is 0. The van der Waals surface area contributed by atoms with Crippen LogP contribution in [0, 0.1) is 0 Å². The van der Waals surface area contributed by atoms with Gasteiger partial charge in [-0.2, -0.15) is 0 Å². The van der Waals surface area contributed by atoms with E-state index >= 15 is 0 Å². The fraction of sp³-hybridized carbons (Fsp3) is 0.714. The van der Waals surface area contributed by atoms with Crippen molar-refractivity contribution in [2.45, 2.75) is 33.6 Å².